The molecule has 26 heteroatoms. The van der Waals surface area contributed by atoms with Crippen LogP contribution in [0.4, 0.5) is 101 Å². The summed E-state index contributed by atoms with van der Waals surface area (Å²) in [5, 5.41) is 0. The Labute approximate surface area is 326 Å². The molecule has 2 nitrogen and oxygen atoms in total. The smallest absolute Gasteiger partial charge is 0.411 e. The minimum absolute atomic E-state index is 0.0107. The molecule has 0 bridgehead atoms. The molecule has 0 atom stereocenters. The first kappa shape index (κ1) is 57.2. The van der Waals surface area contributed by atoms with Gasteiger partial charge in [-0.15, -0.1) is 0 Å². The van der Waals surface area contributed by atoms with Gasteiger partial charge < -0.3 is 4.18 Å². The SMILES string of the molecule is CCCCCCCS(CCCCCCC)(CCCCCCC)OC(=O)C(F)(F)C(F)(F)C(F)(F)C(F)(F)C(F)(F)C(F)(F)C(F)(F)C(F)(F)C(F)(F)C(F)(F)C(F)(F)F. The van der Waals surface area contributed by atoms with Crippen molar-refractivity contribution in [3.63, 3.8) is 0 Å². The Hall–Kier alpha value is -1.79. The summed E-state index contributed by atoms with van der Waals surface area (Å²) in [7, 11) is -3.46. The van der Waals surface area contributed by atoms with Crippen molar-refractivity contribution < 1.29 is 110 Å². The van der Waals surface area contributed by atoms with Gasteiger partial charge in [-0.1, -0.05) is 108 Å². The summed E-state index contributed by atoms with van der Waals surface area (Å²) in [6, 6.07) is 0. The molecule has 0 aliphatic rings. The molecule has 0 aliphatic carbocycles. The van der Waals surface area contributed by atoms with Crippen molar-refractivity contribution in [2.45, 2.75) is 182 Å². The lowest BCUT2D eigenvalue weighted by Gasteiger charge is -2.45. The first-order valence-corrected chi connectivity index (χ1v) is 20.2. The van der Waals surface area contributed by atoms with Crippen LogP contribution in [0.3, 0.4) is 0 Å². The average molecular weight is 943 g/mol. The minimum Gasteiger partial charge on any atom is -0.411 e. The van der Waals surface area contributed by atoms with E-state index in [0.717, 1.165) is 0 Å². The monoisotopic (exact) mass is 942 g/mol. The second-order valence-corrected chi connectivity index (χ2v) is 17.3. The molecule has 0 aliphatic heterocycles. The van der Waals surface area contributed by atoms with E-state index >= 15 is 8.78 Å². The van der Waals surface area contributed by atoms with Crippen molar-refractivity contribution in [2.24, 2.45) is 0 Å². The van der Waals surface area contributed by atoms with E-state index < -0.39 is 81.7 Å². The van der Waals surface area contributed by atoms with Gasteiger partial charge in [0.15, 0.2) is 0 Å². The molecule has 0 aromatic rings. The van der Waals surface area contributed by atoms with E-state index in [1.807, 2.05) is 0 Å². The van der Waals surface area contributed by atoms with Crippen LogP contribution in [0.25, 0.3) is 0 Å². The summed E-state index contributed by atoms with van der Waals surface area (Å²) in [5.41, 5.74) is 0. The summed E-state index contributed by atoms with van der Waals surface area (Å²) in [4.78, 5) is 12.7. The number of hydrogen-bond acceptors (Lipinski definition) is 2. The van der Waals surface area contributed by atoms with E-state index in [-0.39, 0.29) is 55.8 Å². The van der Waals surface area contributed by atoms with E-state index in [1.165, 1.54) is 0 Å². The Bertz CT molecular complexity index is 1260. The third-order valence-electron chi connectivity index (χ3n) is 9.27. The fourth-order valence-corrected chi connectivity index (χ4v) is 8.91. The van der Waals surface area contributed by atoms with Crippen LogP contribution < -0.4 is 0 Å². The molecule has 0 aromatic carbocycles. The van der Waals surface area contributed by atoms with Crippen LogP contribution in [0.5, 0.6) is 0 Å². The Morgan fingerprint density at radius 1 is 0.339 bits per heavy atom. The standard InChI is InChI=1S/C33H45F23O2S/c1-4-7-10-13-16-19-59(20-17-14-11-8-5-2,21-18-15-12-9-6-3)58-22(57)23(34,35)24(36,37)25(38,39)26(40,41)27(42,43)28(44,45)29(46,47)30(48,49)31(50,51)32(52,53)33(54,55)56/h4-21H2,1-3H3. The van der Waals surface area contributed by atoms with Gasteiger partial charge in [-0.3, -0.25) is 0 Å². The molecular weight excluding hydrogens is 897 g/mol. The molecule has 0 fully saturated rings. The Kier molecular flexibility index (Phi) is 19.5. The van der Waals surface area contributed by atoms with Crippen LogP contribution >= 0.6 is 10.3 Å². The molecule has 0 amide bonds. The maximum Gasteiger partial charge on any atom is 0.460 e. The molecule has 59 heavy (non-hydrogen) atoms. The lowest BCUT2D eigenvalue weighted by Crippen LogP contribution is -2.78. The Balaban J connectivity index is 7.27. The predicted molar refractivity (Wildman–Crippen MR) is 170 cm³/mol. The molecule has 0 N–H and O–H groups in total. The summed E-state index contributed by atoms with van der Waals surface area (Å²) < 4.78 is 326. The number of halogens is 23. The van der Waals surface area contributed by atoms with Crippen LogP contribution in [-0.4, -0.2) is 88.6 Å². The highest BCUT2D eigenvalue weighted by molar-refractivity contribution is 8.30. The second kappa shape index (κ2) is 20.2. The molecular formula is C33H45F23O2S. The van der Waals surface area contributed by atoms with Crippen molar-refractivity contribution in [3.05, 3.63) is 0 Å². The fraction of sp³-hybridized carbons (Fsp3) is 0.970. The molecule has 0 unspecified atom stereocenters. The molecule has 0 aromatic heterocycles. The number of hydrogen-bond donors (Lipinski definition) is 0. The Morgan fingerprint density at radius 3 is 0.797 bits per heavy atom. The third-order valence-corrected chi connectivity index (χ3v) is 12.9. The summed E-state index contributed by atoms with van der Waals surface area (Å²) >= 11 is 0. The van der Waals surface area contributed by atoms with Crippen molar-refractivity contribution in [2.75, 3.05) is 17.3 Å². The van der Waals surface area contributed by atoms with E-state index in [0.29, 0.717) is 57.8 Å². The van der Waals surface area contributed by atoms with Crippen molar-refractivity contribution >= 4 is 16.3 Å². The van der Waals surface area contributed by atoms with Gasteiger partial charge in [-0.2, -0.15) is 101 Å². The lowest BCUT2D eigenvalue weighted by molar-refractivity contribution is -0.477. The van der Waals surface area contributed by atoms with Crippen molar-refractivity contribution in [1.29, 1.82) is 0 Å². The van der Waals surface area contributed by atoms with Crippen LogP contribution in [-0.2, 0) is 8.98 Å². The molecule has 0 radical (unpaired) electrons. The molecule has 0 heterocycles. The quantitative estimate of drug-likeness (QED) is 0.0552. The van der Waals surface area contributed by atoms with Gasteiger partial charge in [0.25, 0.3) is 0 Å². The lowest BCUT2D eigenvalue weighted by atomic mass is 9.85. The van der Waals surface area contributed by atoms with E-state index in [9.17, 15) is 97.0 Å². The summed E-state index contributed by atoms with van der Waals surface area (Å²) in [5.74, 6) is -94.6. The van der Waals surface area contributed by atoms with Gasteiger partial charge in [0.05, 0.1) is 0 Å². The maximum atomic E-state index is 15.1. The van der Waals surface area contributed by atoms with Gasteiger partial charge >= 0.3 is 71.4 Å². The molecule has 0 spiro atoms. The summed E-state index contributed by atoms with van der Waals surface area (Å²) in [6.45, 7) is 5.34. The minimum atomic E-state index is -9.50. The first-order chi connectivity index (χ1) is 26.3. The highest BCUT2D eigenvalue weighted by Crippen LogP contribution is 2.67. The van der Waals surface area contributed by atoms with Gasteiger partial charge in [-0.05, 0) is 19.3 Å². The third kappa shape index (κ3) is 10.9. The van der Waals surface area contributed by atoms with E-state index in [2.05, 4.69) is 0 Å². The number of carbonyl (C=O) groups excluding carboxylic acids is 1. The second-order valence-electron chi connectivity index (χ2n) is 13.9. The highest BCUT2D eigenvalue weighted by atomic mass is 32.3. The van der Waals surface area contributed by atoms with Gasteiger partial charge in [0.2, 0.25) is 0 Å². The average Bonchev–Trinajstić information content (AvgIpc) is 3.09. The van der Waals surface area contributed by atoms with Crippen molar-refractivity contribution in [1.82, 2.24) is 0 Å². The largest absolute Gasteiger partial charge is 0.460 e. The summed E-state index contributed by atoms with van der Waals surface area (Å²) in [6.07, 6.45) is -1.98. The molecule has 0 saturated carbocycles. The van der Waals surface area contributed by atoms with E-state index in [4.69, 9.17) is 4.18 Å². The first-order valence-electron chi connectivity index (χ1n) is 18.2. The highest BCUT2D eigenvalue weighted by Gasteiger charge is 2.99. The van der Waals surface area contributed by atoms with Gasteiger partial charge in [0.1, 0.15) is 0 Å². The van der Waals surface area contributed by atoms with Gasteiger partial charge in [-0.25, -0.2) is 4.79 Å². The molecule has 0 saturated heterocycles. The predicted octanol–water partition coefficient (Wildman–Crippen LogP) is 15.1. The Morgan fingerprint density at radius 2 is 0.559 bits per heavy atom. The van der Waals surface area contributed by atoms with Crippen LogP contribution in [0, 0.1) is 0 Å². The van der Waals surface area contributed by atoms with Crippen LogP contribution in [0.2, 0.25) is 0 Å². The zero-order valence-corrected chi connectivity index (χ0v) is 32.5. The number of alkyl halides is 23. The zero-order chi connectivity index (χ0) is 47.0. The topological polar surface area (TPSA) is 26.3 Å². The van der Waals surface area contributed by atoms with Crippen LogP contribution in [0.15, 0.2) is 0 Å². The number of unbranched alkanes of at least 4 members (excludes halogenated alkanes) is 12. The molecule has 356 valence electrons. The fourth-order valence-electron chi connectivity index (χ4n) is 5.43. The van der Waals surface area contributed by atoms with Crippen molar-refractivity contribution in [3.8, 4) is 0 Å². The maximum absolute atomic E-state index is 15.1. The zero-order valence-electron chi connectivity index (χ0n) is 31.6. The van der Waals surface area contributed by atoms with Gasteiger partial charge in [0, 0.05) is 17.3 Å². The van der Waals surface area contributed by atoms with Crippen LogP contribution in [0.1, 0.15) is 117 Å². The number of rotatable bonds is 29. The van der Waals surface area contributed by atoms with E-state index in [1.54, 1.807) is 20.8 Å². The normalized spacial score (nSPS) is 15.5. The number of carbonyl (C=O) groups is 1. The molecule has 0 rings (SSSR count).